The molecule has 2 aromatic carbocycles. The molecule has 4 rings (SSSR count). The van der Waals surface area contributed by atoms with Crippen molar-refractivity contribution >= 4 is 29.2 Å². The molecule has 2 heterocycles. The maximum absolute atomic E-state index is 13.3. The van der Waals surface area contributed by atoms with Crippen LogP contribution in [0.5, 0.6) is 0 Å². The second-order valence-electron chi connectivity index (χ2n) is 6.75. The highest BCUT2D eigenvalue weighted by Crippen LogP contribution is 2.40. The normalized spacial score (nSPS) is 15.6. The minimum absolute atomic E-state index is 0.115. The molecule has 1 unspecified atom stereocenters. The molecule has 0 fully saturated rings. The van der Waals surface area contributed by atoms with Crippen LogP contribution in [0.2, 0.25) is 5.02 Å². The van der Waals surface area contributed by atoms with Crippen LogP contribution in [0.15, 0.2) is 54.1 Å². The zero-order valence-corrected chi connectivity index (χ0v) is 17.1. The molecule has 0 amide bonds. The Kier molecular flexibility index (Phi) is 5.36. The summed E-state index contributed by atoms with van der Waals surface area (Å²) in [6.07, 6.45) is -4.78. The molecule has 0 aliphatic carbocycles. The SMILES string of the molecule is COC(=O)c1ccc(C2C(C#N)=C(c3ccc(Cl)cc3)Nc3nc(C(F)(F)F)nn32)cc1. The number of alkyl halides is 3. The van der Waals surface area contributed by atoms with Gasteiger partial charge in [0.2, 0.25) is 5.95 Å². The van der Waals surface area contributed by atoms with Crippen molar-refractivity contribution in [3.05, 3.63) is 81.6 Å². The van der Waals surface area contributed by atoms with Crippen molar-refractivity contribution in [2.75, 3.05) is 12.4 Å². The van der Waals surface area contributed by atoms with Crippen LogP contribution in [0.3, 0.4) is 0 Å². The molecule has 1 aliphatic heterocycles. The molecule has 3 aromatic rings. The fourth-order valence-electron chi connectivity index (χ4n) is 3.34. The summed E-state index contributed by atoms with van der Waals surface area (Å²) in [7, 11) is 1.23. The quantitative estimate of drug-likeness (QED) is 0.571. The summed E-state index contributed by atoms with van der Waals surface area (Å²) in [5.41, 5.74) is 1.61. The predicted molar refractivity (Wildman–Crippen MR) is 109 cm³/mol. The Bertz CT molecular complexity index is 1260. The van der Waals surface area contributed by atoms with Crippen LogP contribution in [-0.2, 0) is 10.9 Å². The van der Waals surface area contributed by atoms with Crippen LogP contribution in [-0.4, -0.2) is 27.8 Å². The topological polar surface area (TPSA) is 92.8 Å². The molecule has 32 heavy (non-hydrogen) atoms. The standard InChI is InChI=1S/C21H13ClF3N5O2/c1-32-18(31)13-4-2-12(3-5-13)17-15(10-26)16(11-6-8-14(22)9-7-11)27-20-28-19(21(23,24)25)29-30(17)20/h2-9,17H,1H3,(H,27,28,29). The largest absolute Gasteiger partial charge is 0.465 e. The number of benzene rings is 2. The third-order valence-electron chi connectivity index (χ3n) is 4.81. The van der Waals surface area contributed by atoms with Crippen molar-refractivity contribution in [3.63, 3.8) is 0 Å². The van der Waals surface area contributed by atoms with Crippen molar-refractivity contribution in [1.82, 2.24) is 14.8 Å². The number of anilines is 1. The summed E-state index contributed by atoms with van der Waals surface area (Å²) in [4.78, 5) is 15.3. The lowest BCUT2D eigenvalue weighted by Crippen LogP contribution is -2.24. The number of carbonyl (C=O) groups is 1. The van der Waals surface area contributed by atoms with Gasteiger partial charge in [0, 0.05) is 5.02 Å². The summed E-state index contributed by atoms with van der Waals surface area (Å²) in [5.74, 6) is -2.09. The summed E-state index contributed by atoms with van der Waals surface area (Å²) in [6, 6.07) is 13.5. The average molecular weight is 460 g/mol. The number of allylic oxidation sites excluding steroid dienone is 1. The van der Waals surface area contributed by atoms with Gasteiger partial charge >= 0.3 is 12.1 Å². The highest BCUT2D eigenvalue weighted by Gasteiger charge is 2.40. The van der Waals surface area contributed by atoms with Crippen LogP contribution in [0.25, 0.3) is 5.70 Å². The van der Waals surface area contributed by atoms with Crippen molar-refractivity contribution in [3.8, 4) is 6.07 Å². The van der Waals surface area contributed by atoms with E-state index in [0.29, 0.717) is 16.1 Å². The Morgan fingerprint density at radius 2 is 1.84 bits per heavy atom. The number of aromatic nitrogens is 3. The molecular formula is C21H13ClF3N5O2. The Labute approximate surface area is 184 Å². The van der Waals surface area contributed by atoms with E-state index in [4.69, 9.17) is 11.6 Å². The van der Waals surface area contributed by atoms with Gasteiger partial charge in [-0.3, -0.25) is 0 Å². The first-order valence-electron chi connectivity index (χ1n) is 9.12. The van der Waals surface area contributed by atoms with Gasteiger partial charge in [-0.25, -0.2) is 9.48 Å². The zero-order valence-electron chi connectivity index (χ0n) is 16.3. The number of nitriles is 1. The number of hydrogen-bond donors (Lipinski definition) is 1. The summed E-state index contributed by atoms with van der Waals surface area (Å²) < 4.78 is 45.6. The Morgan fingerprint density at radius 1 is 1.19 bits per heavy atom. The number of ether oxygens (including phenoxy) is 1. The van der Waals surface area contributed by atoms with E-state index in [0.717, 1.165) is 4.68 Å². The number of halogens is 4. The van der Waals surface area contributed by atoms with E-state index in [1.807, 2.05) is 0 Å². The van der Waals surface area contributed by atoms with Crippen LogP contribution in [0.1, 0.15) is 33.4 Å². The second kappa shape index (κ2) is 8.01. The maximum Gasteiger partial charge on any atom is 0.453 e. The molecule has 0 spiro atoms. The molecule has 7 nitrogen and oxygen atoms in total. The lowest BCUT2D eigenvalue weighted by Gasteiger charge is -2.27. The Balaban J connectivity index is 1.91. The van der Waals surface area contributed by atoms with E-state index in [1.54, 1.807) is 24.3 Å². The molecule has 1 aromatic heterocycles. The minimum atomic E-state index is -4.78. The Hall–Kier alpha value is -3.84. The molecule has 162 valence electrons. The molecule has 0 radical (unpaired) electrons. The Morgan fingerprint density at radius 3 is 2.41 bits per heavy atom. The first-order valence-corrected chi connectivity index (χ1v) is 9.50. The van der Waals surface area contributed by atoms with E-state index in [2.05, 4.69) is 26.2 Å². The molecule has 1 N–H and O–H groups in total. The van der Waals surface area contributed by atoms with Gasteiger partial charge < -0.3 is 10.1 Å². The van der Waals surface area contributed by atoms with Gasteiger partial charge in [-0.05, 0) is 35.4 Å². The molecule has 1 aliphatic rings. The highest BCUT2D eigenvalue weighted by molar-refractivity contribution is 6.30. The summed E-state index contributed by atoms with van der Waals surface area (Å²) in [5, 5.41) is 16.8. The number of hydrogen-bond acceptors (Lipinski definition) is 6. The lowest BCUT2D eigenvalue weighted by atomic mass is 9.93. The van der Waals surface area contributed by atoms with E-state index in [1.165, 1.54) is 31.4 Å². The molecular weight excluding hydrogens is 447 g/mol. The van der Waals surface area contributed by atoms with Crippen LogP contribution < -0.4 is 5.32 Å². The fourth-order valence-corrected chi connectivity index (χ4v) is 3.46. The predicted octanol–water partition coefficient (Wildman–Crippen LogP) is 4.69. The van der Waals surface area contributed by atoms with Gasteiger partial charge in [0.05, 0.1) is 30.0 Å². The molecule has 0 bridgehead atoms. The van der Waals surface area contributed by atoms with E-state index in [9.17, 15) is 23.2 Å². The highest BCUT2D eigenvalue weighted by atomic mass is 35.5. The number of nitrogens with zero attached hydrogens (tertiary/aromatic N) is 4. The first-order chi connectivity index (χ1) is 15.2. The van der Waals surface area contributed by atoms with Gasteiger partial charge in [0.15, 0.2) is 0 Å². The van der Waals surface area contributed by atoms with Gasteiger partial charge in [-0.1, -0.05) is 35.9 Å². The second-order valence-corrected chi connectivity index (χ2v) is 7.19. The van der Waals surface area contributed by atoms with Crippen molar-refractivity contribution in [2.24, 2.45) is 0 Å². The van der Waals surface area contributed by atoms with Gasteiger partial charge in [0.1, 0.15) is 6.04 Å². The van der Waals surface area contributed by atoms with E-state index in [-0.39, 0.29) is 22.8 Å². The van der Waals surface area contributed by atoms with E-state index >= 15 is 0 Å². The van der Waals surface area contributed by atoms with Crippen molar-refractivity contribution < 1.29 is 22.7 Å². The summed E-state index contributed by atoms with van der Waals surface area (Å²) in [6.45, 7) is 0. The zero-order chi connectivity index (χ0) is 23.0. The molecule has 11 heteroatoms. The third-order valence-corrected chi connectivity index (χ3v) is 5.06. The van der Waals surface area contributed by atoms with Crippen molar-refractivity contribution in [1.29, 1.82) is 5.26 Å². The molecule has 0 saturated heterocycles. The third kappa shape index (κ3) is 3.78. The number of methoxy groups -OCH3 is 1. The number of nitrogens with one attached hydrogen (secondary N) is 1. The summed E-state index contributed by atoms with van der Waals surface area (Å²) >= 11 is 5.94. The minimum Gasteiger partial charge on any atom is -0.465 e. The van der Waals surface area contributed by atoms with Gasteiger partial charge in [0.25, 0.3) is 5.82 Å². The average Bonchev–Trinajstić information content (AvgIpc) is 3.22. The lowest BCUT2D eigenvalue weighted by molar-refractivity contribution is -0.145. The van der Waals surface area contributed by atoms with Crippen LogP contribution in [0.4, 0.5) is 19.1 Å². The van der Waals surface area contributed by atoms with Gasteiger partial charge in [-0.15, -0.1) is 5.10 Å². The number of carbonyl (C=O) groups excluding carboxylic acids is 1. The molecule has 0 saturated carbocycles. The molecule has 1 atom stereocenters. The monoisotopic (exact) mass is 459 g/mol. The van der Waals surface area contributed by atoms with Crippen LogP contribution in [0, 0.1) is 11.3 Å². The van der Waals surface area contributed by atoms with Crippen LogP contribution >= 0.6 is 11.6 Å². The number of esters is 1. The van der Waals surface area contributed by atoms with Gasteiger partial charge in [-0.2, -0.15) is 23.4 Å². The van der Waals surface area contributed by atoms with Crippen molar-refractivity contribution in [2.45, 2.75) is 12.2 Å². The maximum atomic E-state index is 13.3. The van der Waals surface area contributed by atoms with E-state index < -0.39 is 24.0 Å². The first kappa shape index (κ1) is 21.4. The smallest absolute Gasteiger partial charge is 0.453 e. The number of fused-ring (bicyclic) bond motifs is 1. The fraction of sp³-hybridized carbons (Fsp3) is 0.143. The number of rotatable bonds is 3.